The van der Waals surface area contributed by atoms with Crippen molar-refractivity contribution < 1.29 is 23.0 Å². The average Bonchev–Trinajstić information content (AvgIpc) is 3.28. The van der Waals surface area contributed by atoms with Crippen LogP contribution in [0.3, 0.4) is 0 Å². The maximum Gasteiger partial charge on any atom is 0.387 e. The molecule has 0 bridgehead atoms. The highest BCUT2D eigenvalue weighted by Gasteiger charge is 2.18. The van der Waals surface area contributed by atoms with Crippen LogP contribution in [-0.2, 0) is 4.79 Å². The van der Waals surface area contributed by atoms with Crippen LogP contribution in [0.25, 0.3) is 17.1 Å². The van der Waals surface area contributed by atoms with E-state index in [-0.39, 0.29) is 17.2 Å². The second kappa shape index (κ2) is 10.8. The molecule has 2 heterocycles. The molecule has 1 N–H and O–H groups in total. The summed E-state index contributed by atoms with van der Waals surface area (Å²) in [5.41, 5.74) is 1.73. The molecule has 1 amide bonds. The van der Waals surface area contributed by atoms with E-state index in [0.29, 0.717) is 16.7 Å². The van der Waals surface area contributed by atoms with Crippen molar-refractivity contribution in [1.82, 2.24) is 19.7 Å². The highest BCUT2D eigenvalue weighted by atomic mass is 32.2. The number of amides is 1. The highest BCUT2D eigenvalue weighted by molar-refractivity contribution is 7.99. The smallest absolute Gasteiger partial charge is 0.387 e. The molecule has 0 radical (unpaired) electrons. The number of alkyl halides is 2. The Morgan fingerprint density at radius 3 is 2.50 bits per heavy atom. The molecule has 4 rings (SSSR count). The second-order valence-corrected chi connectivity index (χ2v) is 7.73. The molecule has 4 aromatic rings. The summed E-state index contributed by atoms with van der Waals surface area (Å²) < 4.78 is 36.8. The molecule has 0 aliphatic heterocycles. The number of methoxy groups -OCH3 is 1. The number of thioether (sulfide) groups is 1. The molecule has 2 aromatic heterocycles. The van der Waals surface area contributed by atoms with Crippen LogP contribution >= 0.6 is 11.8 Å². The number of nitrogens with one attached hydrogen (secondary N) is 1. The number of pyridine rings is 1. The van der Waals surface area contributed by atoms with Gasteiger partial charge in [0.1, 0.15) is 11.5 Å². The molecule has 0 spiro atoms. The molecule has 0 aliphatic carbocycles. The lowest BCUT2D eigenvalue weighted by Crippen LogP contribution is -2.16. The Morgan fingerprint density at radius 2 is 1.79 bits per heavy atom. The van der Waals surface area contributed by atoms with Gasteiger partial charge in [-0.25, -0.2) is 0 Å². The van der Waals surface area contributed by atoms with Crippen LogP contribution in [0.15, 0.2) is 78.2 Å². The lowest BCUT2D eigenvalue weighted by Gasteiger charge is -2.12. The van der Waals surface area contributed by atoms with Crippen molar-refractivity contribution in [2.24, 2.45) is 0 Å². The first-order valence-corrected chi connectivity index (χ1v) is 11.0. The number of benzene rings is 2. The van der Waals surface area contributed by atoms with Crippen LogP contribution in [0.5, 0.6) is 11.5 Å². The number of hydrogen-bond acceptors (Lipinski definition) is 7. The van der Waals surface area contributed by atoms with E-state index in [1.165, 1.54) is 12.1 Å². The number of nitrogens with zero attached hydrogens (tertiary/aromatic N) is 4. The molecule has 8 nitrogen and oxygen atoms in total. The predicted octanol–water partition coefficient (Wildman–Crippen LogP) is 4.67. The fourth-order valence-electron chi connectivity index (χ4n) is 3.10. The van der Waals surface area contributed by atoms with Gasteiger partial charge in [-0.15, -0.1) is 10.2 Å². The fourth-order valence-corrected chi connectivity index (χ4v) is 3.85. The normalized spacial score (nSPS) is 10.8. The minimum atomic E-state index is -3.00. The van der Waals surface area contributed by atoms with Crippen LogP contribution in [0.2, 0.25) is 0 Å². The Hall–Kier alpha value is -3.99. The quantitative estimate of drug-likeness (QED) is 0.346. The molecule has 2 aromatic carbocycles. The van der Waals surface area contributed by atoms with Gasteiger partial charge in [0.15, 0.2) is 11.0 Å². The summed E-state index contributed by atoms with van der Waals surface area (Å²) in [6, 6.07) is 17.0. The SMILES string of the molecule is COc1ccc(-n2c(SCC(=O)Nc3ccccc3OC(F)F)nnc2-c2ccncc2)cc1. The Kier molecular flexibility index (Phi) is 7.33. The Balaban J connectivity index is 1.56. The van der Waals surface area contributed by atoms with Crippen LogP contribution in [0.1, 0.15) is 0 Å². The lowest BCUT2D eigenvalue weighted by molar-refractivity contribution is -0.113. The van der Waals surface area contributed by atoms with E-state index in [2.05, 4.69) is 25.2 Å². The summed E-state index contributed by atoms with van der Waals surface area (Å²) in [4.78, 5) is 16.6. The molecule has 0 atom stereocenters. The number of anilines is 1. The summed E-state index contributed by atoms with van der Waals surface area (Å²) in [6.07, 6.45) is 3.31. The van der Waals surface area contributed by atoms with Crippen molar-refractivity contribution in [3.05, 3.63) is 73.1 Å². The first-order valence-electron chi connectivity index (χ1n) is 10.0. The van der Waals surface area contributed by atoms with Gasteiger partial charge in [-0.1, -0.05) is 23.9 Å². The fraction of sp³-hybridized carbons (Fsp3) is 0.130. The molecule has 0 saturated heterocycles. The molecular weight excluding hydrogens is 464 g/mol. The Bertz CT molecular complexity index is 1250. The zero-order valence-corrected chi connectivity index (χ0v) is 18.7. The summed E-state index contributed by atoms with van der Waals surface area (Å²) >= 11 is 1.16. The third kappa shape index (κ3) is 5.49. The van der Waals surface area contributed by atoms with Crippen LogP contribution in [-0.4, -0.2) is 45.1 Å². The van der Waals surface area contributed by atoms with E-state index >= 15 is 0 Å². The van der Waals surface area contributed by atoms with E-state index < -0.39 is 12.5 Å². The van der Waals surface area contributed by atoms with Gasteiger partial charge in [0, 0.05) is 23.6 Å². The molecule has 0 fully saturated rings. The third-order valence-electron chi connectivity index (χ3n) is 4.61. The monoisotopic (exact) mass is 483 g/mol. The average molecular weight is 484 g/mol. The standard InChI is InChI=1S/C23H19F2N5O3S/c1-32-17-8-6-16(7-9-17)30-21(15-10-12-26-13-11-15)28-29-23(30)34-14-20(31)27-18-4-2-3-5-19(18)33-22(24)25/h2-13,22H,14H2,1H3,(H,27,31). The molecule has 34 heavy (non-hydrogen) atoms. The maximum absolute atomic E-state index is 12.6. The molecule has 0 unspecified atom stereocenters. The van der Waals surface area contributed by atoms with Crippen molar-refractivity contribution in [2.45, 2.75) is 11.8 Å². The number of hydrogen-bond donors (Lipinski definition) is 1. The van der Waals surface area contributed by atoms with Crippen molar-refractivity contribution >= 4 is 23.4 Å². The van der Waals surface area contributed by atoms with Crippen molar-refractivity contribution in [2.75, 3.05) is 18.2 Å². The number of carbonyl (C=O) groups excluding carboxylic acids is 1. The summed E-state index contributed by atoms with van der Waals surface area (Å²) in [7, 11) is 1.58. The van der Waals surface area contributed by atoms with Gasteiger partial charge in [-0.3, -0.25) is 14.3 Å². The minimum Gasteiger partial charge on any atom is -0.497 e. The number of aromatic nitrogens is 4. The zero-order chi connectivity index (χ0) is 23.9. The van der Waals surface area contributed by atoms with Gasteiger partial charge in [-0.2, -0.15) is 8.78 Å². The minimum absolute atomic E-state index is 0.0341. The number of carbonyl (C=O) groups is 1. The van der Waals surface area contributed by atoms with Crippen LogP contribution < -0.4 is 14.8 Å². The molecule has 0 saturated carbocycles. The van der Waals surface area contributed by atoms with E-state index in [1.54, 1.807) is 31.6 Å². The maximum atomic E-state index is 12.6. The predicted molar refractivity (Wildman–Crippen MR) is 124 cm³/mol. The highest BCUT2D eigenvalue weighted by Crippen LogP contribution is 2.30. The van der Waals surface area contributed by atoms with E-state index in [0.717, 1.165) is 23.0 Å². The van der Waals surface area contributed by atoms with Gasteiger partial charge >= 0.3 is 6.61 Å². The second-order valence-electron chi connectivity index (χ2n) is 6.79. The lowest BCUT2D eigenvalue weighted by atomic mass is 10.2. The first kappa shape index (κ1) is 23.2. The number of ether oxygens (including phenoxy) is 2. The van der Waals surface area contributed by atoms with Crippen molar-refractivity contribution in [3.63, 3.8) is 0 Å². The van der Waals surface area contributed by atoms with E-state index in [9.17, 15) is 13.6 Å². The summed E-state index contributed by atoms with van der Waals surface area (Å²) in [5, 5.41) is 11.7. The first-order chi connectivity index (χ1) is 16.5. The van der Waals surface area contributed by atoms with Gasteiger partial charge in [-0.05, 0) is 48.5 Å². The zero-order valence-electron chi connectivity index (χ0n) is 17.9. The molecule has 174 valence electrons. The van der Waals surface area contributed by atoms with E-state index in [4.69, 9.17) is 4.74 Å². The van der Waals surface area contributed by atoms with Crippen LogP contribution in [0.4, 0.5) is 14.5 Å². The number of rotatable bonds is 9. The summed E-state index contributed by atoms with van der Waals surface area (Å²) in [6.45, 7) is -3.00. The summed E-state index contributed by atoms with van der Waals surface area (Å²) in [5.74, 6) is 0.710. The Morgan fingerprint density at radius 1 is 1.06 bits per heavy atom. The molecule has 0 aliphatic rings. The Labute approximate surface area is 198 Å². The largest absolute Gasteiger partial charge is 0.497 e. The topological polar surface area (TPSA) is 91.2 Å². The molecular formula is C23H19F2N5O3S. The molecule has 11 heteroatoms. The van der Waals surface area contributed by atoms with Gasteiger partial charge in [0.05, 0.1) is 18.6 Å². The van der Waals surface area contributed by atoms with Gasteiger partial charge in [0.25, 0.3) is 0 Å². The van der Waals surface area contributed by atoms with Gasteiger partial charge < -0.3 is 14.8 Å². The van der Waals surface area contributed by atoms with Gasteiger partial charge in [0.2, 0.25) is 5.91 Å². The van der Waals surface area contributed by atoms with Crippen molar-refractivity contribution in [3.8, 4) is 28.6 Å². The number of para-hydroxylation sites is 2. The van der Waals surface area contributed by atoms with Crippen molar-refractivity contribution in [1.29, 1.82) is 0 Å². The van der Waals surface area contributed by atoms with E-state index in [1.807, 2.05) is 41.0 Å². The van der Waals surface area contributed by atoms with Crippen LogP contribution in [0, 0.1) is 0 Å². The third-order valence-corrected chi connectivity index (χ3v) is 5.54. The number of halogens is 2.